The van der Waals surface area contributed by atoms with Crippen molar-refractivity contribution < 1.29 is 208 Å². The van der Waals surface area contributed by atoms with Gasteiger partial charge in [-0.25, -0.2) is 9.59 Å². The minimum absolute atomic E-state index is 0.855. The largest absolute Gasteiger partial charge is 0.477 e. The van der Waals surface area contributed by atoms with Gasteiger partial charge in [-0.15, -0.1) is 0 Å². The van der Waals surface area contributed by atoms with Crippen LogP contribution in [0.25, 0.3) is 0 Å². The first-order valence-electron chi connectivity index (χ1n) is 32.8. The third kappa shape index (κ3) is 20.7. The highest BCUT2D eigenvalue weighted by Crippen LogP contribution is 2.42. The van der Waals surface area contributed by atoms with Gasteiger partial charge in [-0.2, -0.15) is 0 Å². The van der Waals surface area contributed by atoms with Crippen LogP contribution in [0.1, 0.15) is 47.5 Å². The molecule has 28 N–H and O–H groups in total. The second-order valence-corrected chi connectivity index (χ2v) is 25.9. The van der Waals surface area contributed by atoms with Crippen LogP contribution in [0.5, 0.6) is 0 Å². The number of hydrogen-bond donors (Lipinski definition) is 28. The summed E-state index contributed by atoms with van der Waals surface area (Å²) in [4.78, 5) is 88.7. The van der Waals surface area contributed by atoms with E-state index in [0.717, 1.165) is 34.6 Å². The van der Waals surface area contributed by atoms with Crippen molar-refractivity contribution in [1.82, 2.24) is 26.6 Å². The van der Waals surface area contributed by atoms with Crippen LogP contribution in [-0.4, -0.2) is 431 Å². The van der Waals surface area contributed by atoms with Crippen molar-refractivity contribution in [2.75, 3.05) is 52.9 Å². The third-order valence-corrected chi connectivity index (χ3v) is 18.1. The van der Waals surface area contributed by atoms with Gasteiger partial charge >= 0.3 is 11.9 Å². The Hall–Kier alpha value is -5.03. The van der Waals surface area contributed by atoms with Crippen molar-refractivity contribution in [1.29, 1.82) is 0 Å². The molecular formula is C58H97N5O42. The normalized spacial score (nSPS) is 40.4. The SMILES string of the molecule is CC(=O)N[C@H]1[C@H](OC[C@@H](O)[C@H](O)[C@H](O[C@@H]2O[C@H](CO)[C@@H](O[C@@H]3O[C@H](CO)[C@H](O)[C@H](O[C@]4(C(=O)O)C[C@H](O)[C@@H](NC(C)=O)[C@H]([C@H](O)[C@H](O)CO)O4)[C@H]3O)[C@H](O)[C@H]2NC(C)=O)[C@H](CO)NC(C)=O)O[C@H](CO)[C@@H](O[C@@H]2O[C@H](CO)[C@H](O)[C@H](O[C@]3(C(=O)O)C[C@H](O)[C@@H](NC(C)=O)[C@H]([C@H](O)[C@H](O)CO)O3)[C@H]2O)[C@@H]1O. The average Bonchev–Trinajstić information content (AvgIpc) is 0.757. The van der Waals surface area contributed by atoms with Crippen LogP contribution >= 0.6 is 0 Å². The lowest BCUT2D eigenvalue weighted by atomic mass is 9.88. The van der Waals surface area contributed by atoms with Crippen molar-refractivity contribution in [2.24, 2.45) is 0 Å². The summed E-state index contributed by atoms with van der Waals surface area (Å²) in [5, 5.41) is 263. The smallest absolute Gasteiger partial charge is 0.364 e. The number of carboxylic acids is 2. The lowest BCUT2D eigenvalue weighted by Crippen LogP contribution is -2.71. The van der Waals surface area contributed by atoms with Crippen LogP contribution in [0.15, 0.2) is 0 Å². The highest BCUT2D eigenvalue weighted by molar-refractivity contribution is 5.78. The molecule has 6 aliphatic rings. The number of hydrogen-bond acceptors (Lipinski definition) is 40. The fourth-order valence-corrected chi connectivity index (χ4v) is 12.9. The number of rotatable bonds is 34. The minimum atomic E-state index is -3.26. The minimum Gasteiger partial charge on any atom is -0.477 e. The summed E-state index contributed by atoms with van der Waals surface area (Å²) in [5.74, 6) is -15.4. The van der Waals surface area contributed by atoms with Gasteiger partial charge in [0, 0.05) is 47.5 Å². The van der Waals surface area contributed by atoms with Crippen molar-refractivity contribution in [3.8, 4) is 0 Å². The standard InChI is InChI=1S/C58H97N5O42/c1-16(71)59-21(8-64)44(99-52-34(63-20(5)75)41(87)46(30(14-70)98-52)101-54-43(89)50(39(85)28(12-68)96-54)105-58(56(92)93)7-23(77)32(61-18(3)73)48(103-58)36(82)25(79)10-66)37(83)26(80)15-94-51-33(62-19(4)74)40(86)45(29(13-69)97-51)100-53-42(88)49(38(84)27(11-67)95-53)104-57(55(90)91)6-22(76)31(60-17(2)72)47(102-57)35(81)24(78)9-65/h21-54,64-70,76-89H,6-15H2,1-5H3,(H,59,71)(H,60,72)(H,61,73)(H,62,74)(H,63,75)(H,90,91)(H,92,93)/t21-,22-,23-,24+,25+,26+,27+,28+,29+,30+,31+,32+,33+,34+,35+,36+,37-,38-,39-,40+,41+,42+,43+,44+,45+,46+,47+,48+,49-,50-,51+,52-,53-,54-,57-,58-/m0/s1. The van der Waals surface area contributed by atoms with Gasteiger partial charge in [0.15, 0.2) is 25.2 Å². The first-order valence-corrected chi connectivity index (χ1v) is 32.8. The van der Waals surface area contributed by atoms with Gasteiger partial charge in [-0.1, -0.05) is 0 Å². The van der Waals surface area contributed by atoms with Crippen molar-refractivity contribution in [3.05, 3.63) is 0 Å². The zero-order valence-corrected chi connectivity index (χ0v) is 56.7. The Morgan fingerprint density at radius 3 is 1.11 bits per heavy atom. The predicted molar refractivity (Wildman–Crippen MR) is 326 cm³/mol. The lowest BCUT2D eigenvalue weighted by Gasteiger charge is -2.51. The number of aliphatic hydroxyl groups is 21. The number of amides is 5. The molecule has 0 saturated carbocycles. The van der Waals surface area contributed by atoms with Gasteiger partial charge in [-0.3, -0.25) is 24.0 Å². The zero-order chi connectivity index (χ0) is 78.8. The van der Waals surface area contributed by atoms with Crippen molar-refractivity contribution >= 4 is 41.5 Å². The number of carbonyl (C=O) groups is 7. The van der Waals surface area contributed by atoms with E-state index < -0.39 is 327 Å². The number of aliphatic carboxylic acids is 2. The number of aliphatic hydroxyl groups excluding tert-OH is 21. The van der Waals surface area contributed by atoms with Gasteiger partial charge in [0.1, 0.15) is 152 Å². The number of carboxylic acid groups (broad SMARTS) is 2. The summed E-state index contributed by atoms with van der Waals surface area (Å²) in [6, 6.07) is -9.18. The predicted octanol–water partition coefficient (Wildman–Crippen LogP) is -17.5. The molecule has 47 heteroatoms. The van der Waals surface area contributed by atoms with E-state index in [2.05, 4.69) is 26.6 Å². The fraction of sp³-hybridized carbons (Fsp3) is 0.879. The Kier molecular flexibility index (Phi) is 32.6. The topological polar surface area (TPSA) is 756 Å². The number of carbonyl (C=O) groups excluding carboxylic acids is 5. The van der Waals surface area contributed by atoms with E-state index in [9.17, 15) is 151 Å². The maximum Gasteiger partial charge on any atom is 0.364 e. The molecule has 36 atom stereocenters. The second kappa shape index (κ2) is 38.6. The zero-order valence-electron chi connectivity index (χ0n) is 56.7. The van der Waals surface area contributed by atoms with E-state index in [-0.39, 0.29) is 0 Å². The molecule has 6 saturated heterocycles. The third-order valence-electron chi connectivity index (χ3n) is 18.1. The molecule has 0 aromatic carbocycles. The summed E-state index contributed by atoms with van der Waals surface area (Å²) in [6.45, 7) is -4.84. The Morgan fingerprint density at radius 2 is 0.781 bits per heavy atom. The maximum absolute atomic E-state index is 13.1. The molecule has 0 radical (unpaired) electrons. The van der Waals surface area contributed by atoms with E-state index in [4.69, 9.17) is 56.8 Å². The molecule has 6 rings (SSSR count). The quantitative estimate of drug-likeness (QED) is 0.0284. The summed E-state index contributed by atoms with van der Waals surface area (Å²) in [6.07, 6.45) is -66.0. The highest BCUT2D eigenvalue weighted by Gasteiger charge is 2.63. The Labute approximate surface area is 594 Å². The molecule has 0 aliphatic carbocycles. The number of ether oxygens (including phenoxy) is 12. The van der Waals surface area contributed by atoms with Crippen LogP contribution in [0.3, 0.4) is 0 Å². The Morgan fingerprint density at radius 1 is 0.429 bits per heavy atom. The highest BCUT2D eigenvalue weighted by atomic mass is 16.8. The Balaban J connectivity index is 1.23. The van der Waals surface area contributed by atoms with Crippen LogP contribution < -0.4 is 26.6 Å². The van der Waals surface area contributed by atoms with Gasteiger partial charge in [0.2, 0.25) is 29.5 Å². The van der Waals surface area contributed by atoms with Gasteiger partial charge in [0.05, 0.1) is 83.2 Å². The molecule has 5 amide bonds. The van der Waals surface area contributed by atoms with Gasteiger partial charge < -0.3 is 201 Å². The maximum atomic E-state index is 13.1. The first-order chi connectivity index (χ1) is 49.2. The molecule has 0 unspecified atom stereocenters. The van der Waals surface area contributed by atoms with E-state index in [1.54, 1.807) is 0 Å². The van der Waals surface area contributed by atoms with Gasteiger partial charge in [-0.05, 0) is 0 Å². The van der Waals surface area contributed by atoms with Crippen LogP contribution in [0.4, 0.5) is 0 Å². The molecule has 6 fully saturated rings. The summed E-state index contributed by atoms with van der Waals surface area (Å²) >= 11 is 0. The molecule has 47 nitrogen and oxygen atoms in total. The monoisotopic (exact) mass is 1540 g/mol. The fourth-order valence-electron chi connectivity index (χ4n) is 12.9. The lowest BCUT2D eigenvalue weighted by molar-refractivity contribution is -0.384. The van der Waals surface area contributed by atoms with Gasteiger partial charge in [0.25, 0.3) is 11.6 Å². The average molecular weight is 1540 g/mol. The van der Waals surface area contributed by atoms with Crippen molar-refractivity contribution in [2.45, 2.75) is 267 Å². The van der Waals surface area contributed by atoms with Crippen LogP contribution in [-0.2, 0) is 90.4 Å². The van der Waals surface area contributed by atoms with E-state index >= 15 is 0 Å². The summed E-state index contributed by atoms with van der Waals surface area (Å²) in [5.41, 5.74) is 0. The van der Waals surface area contributed by atoms with E-state index in [0.29, 0.717) is 0 Å². The van der Waals surface area contributed by atoms with E-state index in [1.165, 1.54) is 0 Å². The Bertz CT molecular complexity index is 2850. The molecular weight excluding hydrogens is 1440 g/mol. The molecule has 0 aromatic rings. The second-order valence-electron chi connectivity index (χ2n) is 25.9. The van der Waals surface area contributed by atoms with E-state index in [1.807, 2.05) is 0 Å². The molecule has 105 heavy (non-hydrogen) atoms. The molecule has 606 valence electrons. The molecule has 0 bridgehead atoms. The first kappa shape index (κ1) is 88.9. The molecule has 6 aliphatic heterocycles. The summed E-state index contributed by atoms with van der Waals surface area (Å²) in [7, 11) is 0. The van der Waals surface area contributed by atoms with Crippen molar-refractivity contribution in [3.63, 3.8) is 0 Å². The van der Waals surface area contributed by atoms with Crippen LogP contribution in [0.2, 0.25) is 0 Å². The molecule has 6 heterocycles. The summed E-state index contributed by atoms with van der Waals surface area (Å²) < 4.78 is 69.2. The molecule has 0 aromatic heterocycles. The number of nitrogens with one attached hydrogen (secondary N) is 5. The molecule has 0 spiro atoms. The van der Waals surface area contributed by atoms with Crippen LogP contribution in [0, 0.1) is 0 Å².